The molecule has 152 valence electrons. The van der Waals surface area contributed by atoms with Crippen molar-refractivity contribution in [1.29, 1.82) is 0 Å². The minimum Gasteiger partial charge on any atom is -0.496 e. The number of aliphatic hydroxyl groups is 1. The topological polar surface area (TPSA) is 55.5 Å². The van der Waals surface area contributed by atoms with E-state index < -0.39 is 30.0 Å². The number of ether oxygens (including phenoxy) is 1. The lowest BCUT2D eigenvalue weighted by atomic mass is 9.73. The zero-order valence-corrected chi connectivity index (χ0v) is 16.3. The minimum absolute atomic E-state index is 0.0400. The van der Waals surface area contributed by atoms with Gasteiger partial charge in [-0.15, -0.1) is 0 Å². The molecule has 0 heterocycles. The van der Waals surface area contributed by atoms with E-state index in [9.17, 15) is 18.3 Å². The van der Waals surface area contributed by atoms with Crippen molar-refractivity contribution in [2.45, 2.75) is 43.9 Å². The second-order valence-electron chi connectivity index (χ2n) is 7.60. The highest BCUT2D eigenvalue weighted by atomic mass is 19.4. The van der Waals surface area contributed by atoms with Gasteiger partial charge in [-0.05, 0) is 35.1 Å². The van der Waals surface area contributed by atoms with Crippen LogP contribution < -0.4 is 10.5 Å². The van der Waals surface area contributed by atoms with Crippen molar-refractivity contribution in [3.8, 4) is 5.75 Å². The molecule has 28 heavy (non-hydrogen) atoms. The maximum absolute atomic E-state index is 13.9. The number of rotatable bonds is 7. The zero-order chi connectivity index (χ0) is 21.0. The molecule has 0 aliphatic carbocycles. The van der Waals surface area contributed by atoms with Crippen LogP contribution in [0.5, 0.6) is 5.75 Å². The van der Waals surface area contributed by atoms with Gasteiger partial charge in [0.25, 0.3) is 0 Å². The summed E-state index contributed by atoms with van der Waals surface area (Å²) >= 11 is 0. The van der Waals surface area contributed by atoms with Crippen molar-refractivity contribution < 1.29 is 23.0 Å². The first kappa shape index (κ1) is 21.8. The number of nitrogens with two attached hydrogens (primary N) is 1. The van der Waals surface area contributed by atoms with Crippen LogP contribution in [0.2, 0.25) is 0 Å². The molecule has 0 amide bonds. The molecule has 0 aromatic heterocycles. The summed E-state index contributed by atoms with van der Waals surface area (Å²) in [4.78, 5) is 0. The van der Waals surface area contributed by atoms with E-state index >= 15 is 0 Å². The molecule has 0 saturated heterocycles. The number of para-hydroxylation sites is 1. The number of benzene rings is 2. The highest BCUT2D eigenvalue weighted by molar-refractivity contribution is 5.52. The fraction of sp³-hybridized carbons (Fsp3) is 0.364. The first-order valence-electron chi connectivity index (χ1n) is 8.92. The van der Waals surface area contributed by atoms with Gasteiger partial charge in [0.1, 0.15) is 5.75 Å². The molecule has 0 fully saturated rings. The molecule has 1 unspecified atom stereocenters. The maximum atomic E-state index is 13.9. The summed E-state index contributed by atoms with van der Waals surface area (Å²) in [6.45, 7) is 3.30. The Kier molecular flexibility index (Phi) is 6.44. The van der Waals surface area contributed by atoms with Gasteiger partial charge in [0.15, 0.2) is 5.60 Å². The van der Waals surface area contributed by atoms with Crippen molar-refractivity contribution in [3.63, 3.8) is 0 Å². The Labute approximate surface area is 163 Å². The second kappa shape index (κ2) is 8.27. The summed E-state index contributed by atoms with van der Waals surface area (Å²) in [7, 11) is 1.46. The van der Waals surface area contributed by atoms with Crippen LogP contribution in [0.4, 0.5) is 13.2 Å². The van der Waals surface area contributed by atoms with E-state index in [1.54, 1.807) is 68.4 Å². The molecule has 0 radical (unpaired) electrons. The van der Waals surface area contributed by atoms with Crippen molar-refractivity contribution >= 4 is 6.08 Å². The third-order valence-corrected chi connectivity index (χ3v) is 4.75. The molecule has 0 spiro atoms. The van der Waals surface area contributed by atoms with Gasteiger partial charge in [-0.1, -0.05) is 62.4 Å². The van der Waals surface area contributed by atoms with Gasteiger partial charge in [-0.3, -0.25) is 0 Å². The molecule has 2 aromatic rings. The van der Waals surface area contributed by atoms with Crippen molar-refractivity contribution in [2.75, 3.05) is 7.11 Å². The summed E-state index contributed by atoms with van der Waals surface area (Å²) in [5, 5.41) is 10.7. The molecule has 0 saturated carbocycles. The van der Waals surface area contributed by atoms with E-state index in [0.29, 0.717) is 16.9 Å². The van der Waals surface area contributed by atoms with Gasteiger partial charge in [-0.25, -0.2) is 0 Å². The third kappa shape index (κ3) is 5.07. The first-order chi connectivity index (χ1) is 13.0. The van der Waals surface area contributed by atoms with Gasteiger partial charge in [-0.2, -0.15) is 13.2 Å². The van der Waals surface area contributed by atoms with E-state index in [1.165, 1.54) is 13.2 Å². The Balaban J connectivity index is 2.36. The summed E-state index contributed by atoms with van der Waals surface area (Å²) < 4.78 is 46.9. The molecule has 0 bridgehead atoms. The molecule has 3 N–H and O–H groups in total. The summed E-state index contributed by atoms with van der Waals surface area (Å²) in [5.41, 5.74) is 3.11. The Hall–Kier alpha value is -2.47. The summed E-state index contributed by atoms with van der Waals surface area (Å²) in [5.74, 6) is 0.477. The van der Waals surface area contributed by atoms with Gasteiger partial charge < -0.3 is 15.6 Å². The summed E-state index contributed by atoms with van der Waals surface area (Å²) in [6, 6.07) is 15.7. The van der Waals surface area contributed by atoms with Crippen LogP contribution >= 0.6 is 0 Å². The zero-order valence-electron chi connectivity index (χ0n) is 16.3. The molecule has 0 aliphatic rings. The number of hydrogen-bond donors (Lipinski definition) is 2. The number of alkyl halides is 3. The lowest BCUT2D eigenvalue weighted by molar-refractivity contribution is -0.266. The van der Waals surface area contributed by atoms with Crippen LogP contribution in [0, 0.1) is 0 Å². The Bertz CT molecular complexity index is 816. The second-order valence-corrected chi connectivity index (χ2v) is 7.60. The lowest BCUT2D eigenvalue weighted by Gasteiger charge is -2.38. The molecular weight excluding hydrogens is 367 g/mol. The van der Waals surface area contributed by atoms with Crippen LogP contribution in [-0.2, 0) is 5.41 Å². The smallest absolute Gasteiger partial charge is 0.417 e. The third-order valence-electron chi connectivity index (χ3n) is 4.75. The van der Waals surface area contributed by atoms with Crippen LogP contribution in [0.1, 0.15) is 37.8 Å². The van der Waals surface area contributed by atoms with Gasteiger partial charge in [0.2, 0.25) is 0 Å². The molecule has 6 heteroatoms. The number of halogens is 3. The quantitative estimate of drug-likeness (QED) is 0.692. The Morgan fingerprint density at radius 3 is 2.18 bits per heavy atom. The van der Waals surface area contributed by atoms with Crippen molar-refractivity contribution in [3.05, 3.63) is 71.4 Å². The maximum Gasteiger partial charge on any atom is 0.417 e. The Morgan fingerprint density at radius 1 is 1.04 bits per heavy atom. The van der Waals surface area contributed by atoms with Gasteiger partial charge in [0, 0.05) is 12.1 Å². The molecule has 0 aliphatic heterocycles. The minimum atomic E-state index is -4.85. The van der Waals surface area contributed by atoms with E-state index in [0.717, 1.165) is 0 Å². The highest BCUT2D eigenvalue weighted by Crippen LogP contribution is 2.45. The first-order valence-corrected chi connectivity index (χ1v) is 8.92. The molecule has 1 atom stereocenters. The normalized spacial score (nSPS) is 15.2. The van der Waals surface area contributed by atoms with E-state index in [4.69, 9.17) is 10.5 Å². The lowest BCUT2D eigenvalue weighted by Crippen LogP contribution is -2.50. The molecule has 3 nitrogen and oxygen atoms in total. The number of hydrogen-bond acceptors (Lipinski definition) is 3. The largest absolute Gasteiger partial charge is 0.496 e. The van der Waals surface area contributed by atoms with Crippen LogP contribution in [0.25, 0.3) is 6.08 Å². The predicted octanol–water partition coefficient (Wildman–Crippen LogP) is 5.05. The highest BCUT2D eigenvalue weighted by Gasteiger charge is 2.56. The Morgan fingerprint density at radius 2 is 1.61 bits per heavy atom. The van der Waals surface area contributed by atoms with E-state index in [1.807, 2.05) is 0 Å². The average Bonchev–Trinajstić information content (AvgIpc) is 2.60. The van der Waals surface area contributed by atoms with Crippen LogP contribution in [0.15, 0.2) is 60.3 Å². The molecule has 2 aromatic carbocycles. The SMILES string of the molecule is COc1ccccc1C(C)(C)CC(O)(C/C(N)=C/c1ccccc1)C(F)(F)F. The fourth-order valence-electron chi connectivity index (χ4n) is 3.45. The summed E-state index contributed by atoms with van der Waals surface area (Å²) in [6.07, 6.45) is -4.68. The fourth-order valence-corrected chi connectivity index (χ4v) is 3.45. The standard InChI is InChI=1S/C22H26F3NO2/c1-20(2,18-11-7-8-12-19(18)28-3)15-21(27,22(23,24)25)14-17(26)13-16-9-5-4-6-10-16/h4-13,27H,14-15,26H2,1-3H3/b17-13-. The van der Waals surface area contributed by atoms with Crippen molar-refractivity contribution in [1.82, 2.24) is 0 Å². The van der Waals surface area contributed by atoms with Gasteiger partial charge in [0.05, 0.1) is 7.11 Å². The average molecular weight is 393 g/mol. The molecular formula is C22H26F3NO2. The van der Waals surface area contributed by atoms with Crippen molar-refractivity contribution in [2.24, 2.45) is 5.73 Å². The van der Waals surface area contributed by atoms with Crippen LogP contribution in [0.3, 0.4) is 0 Å². The number of methoxy groups -OCH3 is 1. The van der Waals surface area contributed by atoms with E-state index in [-0.39, 0.29) is 5.70 Å². The molecule has 2 rings (SSSR count). The van der Waals surface area contributed by atoms with Gasteiger partial charge >= 0.3 is 6.18 Å². The predicted molar refractivity (Wildman–Crippen MR) is 105 cm³/mol. The monoisotopic (exact) mass is 393 g/mol. The van der Waals surface area contributed by atoms with Crippen LogP contribution in [-0.4, -0.2) is 24.0 Å². The van der Waals surface area contributed by atoms with E-state index in [2.05, 4.69) is 0 Å².